The summed E-state index contributed by atoms with van der Waals surface area (Å²) in [6.07, 6.45) is 16.6. The molecule has 1 heterocycles. The van der Waals surface area contributed by atoms with Gasteiger partial charge in [-0.1, -0.05) is 104 Å². The van der Waals surface area contributed by atoms with Crippen molar-refractivity contribution in [3.05, 3.63) is 0 Å². The second kappa shape index (κ2) is 27.9. The van der Waals surface area contributed by atoms with Crippen molar-refractivity contribution in [3.8, 4) is 0 Å². The zero-order valence-corrected chi connectivity index (χ0v) is 36.1. The molecule has 2 N–H and O–H groups in total. The Hall–Kier alpha value is -3.58. The summed E-state index contributed by atoms with van der Waals surface area (Å²) in [6, 6.07) is -2.26. The third kappa shape index (κ3) is 24.8. The highest BCUT2D eigenvalue weighted by molar-refractivity contribution is 5.97. The number of hydrogen-bond donors (Lipinski definition) is 2. The molecule has 0 unspecified atom stereocenters. The molecule has 0 spiro atoms. The lowest BCUT2D eigenvalue weighted by molar-refractivity contribution is -0.152. The van der Waals surface area contributed by atoms with Gasteiger partial charge in [0.25, 0.3) is 0 Å². The molecule has 1 aliphatic heterocycles. The Balaban J connectivity index is 2.53. The minimum absolute atomic E-state index is 0.0929. The highest BCUT2D eigenvalue weighted by Crippen LogP contribution is 2.15. The van der Waals surface area contributed by atoms with Crippen LogP contribution >= 0.6 is 0 Å². The number of hydrogen-bond acceptors (Lipinski definition) is 10. The molecule has 0 bridgehead atoms. The first-order valence-electron chi connectivity index (χ1n) is 21.3. The predicted molar refractivity (Wildman–Crippen MR) is 216 cm³/mol. The molecule has 2 atom stereocenters. The van der Waals surface area contributed by atoms with Crippen molar-refractivity contribution < 1.29 is 47.7 Å². The highest BCUT2D eigenvalue weighted by Gasteiger charge is 2.35. The standard InChI is InChI=1S/C42H76N4O10/c1-9-11-13-15-17-19-21-23-27-45(39(51)55-41(3,4)5)29-25-35(47)53-31-33-37(49)44-34(38(50)43-33)32-54-36(48)26-30-46(40(52)56-42(6,7)8)28-24-22-20-18-16-14-12-10-2/h33-34H,9-32H2,1-8H3,(H,43,50)(H,44,49)/t33-,34-/m0/s1. The van der Waals surface area contributed by atoms with E-state index in [9.17, 15) is 28.8 Å². The fourth-order valence-corrected chi connectivity index (χ4v) is 5.97. The second-order valence-corrected chi connectivity index (χ2v) is 16.9. The van der Waals surface area contributed by atoms with Crippen LogP contribution in [0.25, 0.3) is 0 Å². The van der Waals surface area contributed by atoms with Crippen molar-refractivity contribution >= 4 is 35.9 Å². The maximum Gasteiger partial charge on any atom is 0.410 e. The number of unbranched alkanes of at least 4 members (excludes halogenated alkanes) is 14. The maximum atomic E-state index is 12.8. The van der Waals surface area contributed by atoms with Gasteiger partial charge in [-0.05, 0) is 54.4 Å². The van der Waals surface area contributed by atoms with Crippen LogP contribution in [-0.4, -0.2) is 108 Å². The summed E-state index contributed by atoms with van der Waals surface area (Å²) in [6.45, 7) is 15.4. The molecule has 0 radical (unpaired) electrons. The lowest BCUT2D eigenvalue weighted by atomic mass is 10.1. The zero-order chi connectivity index (χ0) is 42.0. The SMILES string of the molecule is CCCCCCCCCCN(CCC(=O)OC[C@@H]1NC(=O)[C@H](COC(=O)CCN(CCCCCCCCCC)C(=O)OC(C)(C)C)NC1=O)C(=O)OC(C)(C)C. The number of ether oxygens (including phenoxy) is 4. The molecule has 1 rings (SSSR count). The number of piperazine rings is 1. The Morgan fingerprint density at radius 1 is 0.500 bits per heavy atom. The summed E-state index contributed by atoms with van der Waals surface area (Å²) in [4.78, 5) is 79.6. The average Bonchev–Trinajstić information content (AvgIpc) is 3.10. The van der Waals surface area contributed by atoms with Crippen LogP contribution < -0.4 is 10.6 Å². The first-order chi connectivity index (χ1) is 26.5. The van der Waals surface area contributed by atoms with E-state index < -0.39 is 72.4 Å². The summed E-state index contributed by atoms with van der Waals surface area (Å²) < 4.78 is 21.7. The Morgan fingerprint density at radius 3 is 1.11 bits per heavy atom. The summed E-state index contributed by atoms with van der Waals surface area (Å²) in [5.41, 5.74) is -1.37. The lowest BCUT2D eigenvalue weighted by Crippen LogP contribution is -2.64. The number of nitrogens with one attached hydrogen (secondary N) is 2. The van der Waals surface area contributed by atoms with E-state index in [1.54, 1.807) is 41.5 Å². The number of esters is 2. The van der Waals surface area contributed by atoms with Gasteiger partial charge in [0.05, 0.1) is 12.8 Å². The lowest BCUT2D eigenvalue weighted by Gasteiger charge is -2.29. The van der Waals surface area contributed by atoms with E-state index in [0.717, 1.165) is 51.4 Å². The molecular formula is C42H76N4O10. The normalized spacial score (nSPS) is 15.7. The fourth-order valence-electron chi connectivity index (χ4n) is 5.97. The van der Waals surface area contributed by atoms with Gasteiger partial charge < -0.3 is 39.4 Å². The van der Waals surface area contributed by atoms with Crippen LogP contribution in [0.15, 0.2) is 0 Å². The highest BCUT2D eigenvalue weighted by atomic mass is 16.6. The topological polar surface area (TPSA) is 170 Å². The maximum absolute atomic E-state index is 12.8. The van der Waals surface area contributed by atoms with Crippen molar-refractivity contribution in [1.29, 1.82) is 0 Å². The van der Waals surface area contributed by atoms with Crippen molar-refractivity contribution in [2.45, 2.75) is 194 Å². The Morgan fingerprint density at radius 2 is 0.804 bits per heavy atom. The number of carbonyl (C=O) groups excluding carboxylic acids is 6. The van der Waals surface area contributed by atoms with Gasteiger partial charge in [-0.3, -0.25) is 19.2 Å². The average molecular weight is 797 g/mol. The minimum Gasteiger partial charge on any atom is -0.463 e. The Labute approximate surface area is 337 Å². The van der Waals surface area contributed by atoms with Crippen LogP contribution in [0.3, 0.4) is 0 Å². The second-order valence-electron chi connectivity index (χ2n) is 16.9. The van der Waals surface area contributed by atoms with Crippen LogP contribution in [0.5, 0.6) is 0 Å². The third-order valence-electron chi connectivity index (χ3n) is 9.13. The summed E-state index contributed by atoms with van der Waals surface area (Å²) in [5.74, 6) is -2.44. The fraction of sp³-hybridized carbons (Fsp3) is 0.857. The van der Waals surface area contributed by atoms with E-state index in [2.05, 4.69) is 24.5 Å². The van der Waals surface area contributed by atoms with E-state index >= 15 is 0 Å². The van der Waals surface area contributed by atoms with Gasteiger partial charge in [0.15, 0.2) is 0 Å². The van der Waals surface area contributed by atoms with Crippen LogP contribution in [0.4, 0.5) is 9.59 Å². The van der Waals surface area contributed by atoms with E-state index in [1.165, 1.54) is 61.2 Å². The van der Waals surface area contributed by atoms with Crippen LogP contribution in [0, 0.1) is 0 Å². The van der Waals surface area contributed by atoms with Crippen LogP contribution in [0.1, 0.15) is 171 Å². The molecule has 0 aromatic rings. The Bertz CT molecular complexity index is 1090. The number of rotatable bonds is 28. The number of nitrogens with zero attached hydrogens (tertiary/aromatic N) is 2. The van der Waals surface area contributed by atoms with Gasteiger partial charge in [-0.2, -0.15) is 0 Å². The summed E-state index contributed by atoms with van der Waals surface area (Å²) in [7, 11) is 0. The molecule has 1 fully saturated rings. The molecule has 14 nitrogen and oxygen atoms in total. The first-order valence-corrected chi connectivity index (χ1v) is 21.3. The van der Waals surface area contributed by atoms with Gasteiger partial charge >= 0.3 is 24.1 Å². The molecule has 56 heavy (non-hydrogen) atoms. The van der Waals surface area contributed by atoms with Gasteiger partial charge in [-0.15, -0.1) is 0 Å². The summed E-state index contributed by atoms with van der Waals surface area (Å²) >= 11 is 0. The Kier molecular flexibility index (Phi) is 25.2. The molecule has 0 aromatic carbocycles. The molecule has 324 valence electrons. The monoisotopic (exact) mass is 797 g/mol. The number of carbonyl (C=O) groups is 6. The van der Waals surface area contributed by atoms with Gasteiger partial charge in [0.2, 0.25) is 11.8 Å². The molecule has 1 saturated heterocycles. The summed E-state index contributed by atoms with van der Waals surface area (Å²) in [5, 5.41) is 5.04. The third-order valence-corrected chi connectivity index (χ3v) is 9.13. The van der Waals surface area contributed by atoms with E-state index in [-0.39, 0.29) is 25.9 Å². The molecule has 4 amide bonds. The molecule has 0 aromatic heterocycles. The van der Waals surface area contributed by atoms with Gasteiger partial charge in [-0.25, -0.2) is 9.59 Å². The molecule has 1 aliphatic rings. The number of amides is 4. The van der Waals surface area contributed by atoms with E-state index in [0.29, 0.717) is 13.1 Å². The van der Waals surface area contributed by atoms with Crippen molar-refractivity contribution in [1.82, 2.24) is 20.4 Å². The van der Waals surface area contributed by atoms with Gasteiger partial charge in [0.1, 0.15) is 36.5 Å². The quantitative estimate of drug-likeness (QED) is 0.0457. The van der Waals surface area contributed by atoms with Crippen LogP contribution in [-0.2, 0) is 38.1 Å². The van der Waals surface area contributed by atoms with E-state index in [1.807, 2.05) is 0 Å². The molecule has 0 aliphatic carbocycles. The minimum atomic E-state index is -1.13. The van der Waals surface area contributed by atoms with Crippen molar-refractivity contribution in [3.63, 3.8) is 0 Å². The largest absolute Gasteiger partial charge is 0.463 e. The van der Waals surface area contributed by atoms with Crippen LogP contribution in [0.2, 0.25) is 0 Å². The smallest absolute Gasteiger partial charge is 0.410 e. The van der Waals surface area contributed by atoms with Crippen molar-refractivity contribution in [2.24, 2.45) is 0 Å². The zero-order valence-electron chi connectivity index (χ0n) is 36.1. The molecular weight excluding hydrogens is 720 g/mol. The first kappa shape index (κ1) is 50.4. The molecule has 14 heteroatoms. The molecule has 0 saturated carbocycles. The van der Waals surface area contributed by atoms with E-state index in [4.69, 9.17) is 18.9 Å². The van der Waals surface area contributed by atoms with Gasteiger partial charge in [0, 0.05) is 26.2 Å². The van der Waals surface area contributed by atoms with Crippen molar-refractivity contribution in [2.75, 3.05) is 39.4 Å². The predicted octanol–water partition coefficient (Wildman–Crippen LogP) is 7.59.